The number of nitrogens with one attached hydrogen (secondary N) is 1. The number of aromatic nitrogens is 4. The van der Waals surface area contributed by atoms with Crippen molar-refractivity contribution in [2.45, 2.75) is 47.1 Å². The Kier molecular flexibility index (Phi) is 5.73. The number of aryl methyl sites for hydroxylation is 4. The van der Waals surface area contributed by atoms with Crippen LogP contribution in [0, 0.1) is 13.8 Å². The second-order valence-corrected chi connectivity index (χ2v) is 6.76. The van der Waals surface area contributed by atoms with E-state index in [-0.39, 0.29) is 18.0 Å². The molecule has 0 atom stereocenters. The number of amides is 1. The molecule has 7 nitrogen and oxygen atoms in total. The second kappa shape index (κ2) is 8.21. The highest BCUT2D eigenvalue weighted by molar-refractivity contribution is 5.90. The summed E-state index contributed by atoms with van der Waals surface area (Å²) < 4.78 is 2.97. The summed E-state index contributed by atoms with van der Waals surface area (Å²) in [5.41, 5.74) is 3.95. The molecule has 1 N–H and O–H groups in total. The van der Waals surface area contributed by atoms with Crippen LogP contribution in [0.2, 0.25) is 0 Å². The van der Waals surface area contributed by atoms with Crippen LogP contribution in [0.25, 0.3) is 5.95 Å². The van der Waals surface area contributed by atoms with Crippen molar-refractivity contribution in [3.8, 4) is 5.95 Å². The van der Waals surface area contributed by atoms with Crippen LogP contribution in [-0.4, -0.2) is 25.2 Å². The minimum atomic E-state index is -0.292. The van der Waals surface area contributed by atoms with Gasteiger partial charge in [-0.25, -0.2) is 9.67 Å². The van der Waals surface area contributed by atoms with Crippen LogP contribution in [0.1, 0.15) is 36.5 Å². The van der Waals surface area contributed by atoms with Gasteiger partial charge in [0, 0.05) is 23.1 Å². The first-order chi connectivity index (χ1) is 13.4. The molecule has 3 aromatic rings. The van der Waals surface area contributed by atoms with Crippen molar-refractivity contribution in [2.24, 2.45) is 0 Å². The fourth-order valence-electron chi connectivity index (χ4n) is 3.03. The molecule has 0 aliphatic rings. The Morgan fingerprint density at radius 1 is 1.07 bits per heavy atom. The summed E-state index contributed by atoms with van der Waals surface area (Å²) in [6, 6.07) is 11.0. The van der Waals surface area contributed by atoms with Crippen LogP contribution in [0.5, 0.6) is 0 Å². The lowest BCUT2D eigenvalue weighted by atomic mass is 10.1. The summed E-state index contributed by atoms with van der Waals surface area (Å²) in [5.74, 6) is 0.0617. The van der Waals surface area contributed by atoms with Crippen molar-refractivity contribution in [3.05, 3.63) is 69.4 Å². The first-order valence-electron chi connectivity index (χ1n) is 9.44. The van der Waals surface area contributed by atoms with Crippen LogP contribution in [0.15, 0.2) is 41.2 Å². The molecule has 0 radical (unpaired) electrons. The molecule has 2 heterocycles. The van der Waals surface area contributed by atoms with Crippen LogP contribution in [0.4, 0.5) is 5.69 Å². The maximum atomic E-state index is 12.7. The molecule has 2 aromatic heterocycles. The molecular weight excluding hydrogens is 354 g/mol. The van der Waals surface area contributed by atoms with E-state index in [0.29, 0.717) is 23.8 Å². The van der Waals surface area contributed by atoms with Crippen molar-refractivity contribution < 1.29 is 4.79 Å². The molecule has 0 saturated carbocycles. The minimum Gasteiger partial charge on any atom is -0.325 e. The fraction of sp³-hybridized carbons (Fsp3) is 0.333. The van der Waals surface area contributed by atoms with Gasteiger partial charge in [-0.2, -0.15) is 5.10 Å². The predicted octanol–water partition coefficient (Wildman–Crippen LogP) is 2.81. The van der Waals surface area contributed by atoms with Gasteiger partial charge in [0.25, 0.3) is 5.56 Å². The molecule has 0 aliphatic carbocycles. The number of carbonyl (C=O) groups is 1. The zero-order valence-electron chi connectivity index (χ0n) is 16.7. The van der Waals surface area contributed by atoms with Crippen LogP contribution < -0.4 is 10.9 Å². The maximum Gasteiger partial charge on any atom is 0.255 e. The molecule has 1 aromatic carbocycles. The highest BCUT2D eigenvalue weighted by atomic mass is 16.2. The first-order valence-corrected chi connectivity index (χ1v) is 9.44. The summed E-state index contributed by atoms with van der Waals surface area (Å²) in [6.07, 6.45) is 1.56. The van der Waals surface area contributed by atoms with Crippen molar-refractivity contribution in [1.29, 1.82) is 0 Å². The standard InChI is InChI=1S/C21H25N5O2/c1-5-16-7-9-18(10-8-16)22-19(27)13-25-20(28)12-17(6-2)23-21(25)26-15(4)11-14(3)24-26/h7-12H,5-6,13H2,1-4H3,(H,22,27). The topological polar surface area (TPSA) is 81.8 Å². The molecule has 0 unspecified atom stereocenters. The monoisotopic (exact) mass is 379 g/mol. The molecule has 0 spiro atoms. The number of anilines is 1. The van der Waals surface area contributed by atoms with E-state index >= 15 is 0 Å². The summed E-state index contributed by atoms with van der Waals surface area (Å²) in [6.45, 7) is 7.64. The van der Waals surface area contributed by atoms with Crippen molar-refractivity contribution in [2.75, 3.05) is 5.32 Å². The van der Waals surface area contributed by atoms with Crippen molar-refractivity contribution in [3.63, 3.8) is 0 Å². The zero-order chi connectivity index (χ0) is 20.3. The van der Waals surface area contributed by atoms with Gasteiger partial charge in [0.15, 0.2) is 0 Å². The molecule has 1 amide bonds. The molecule has 28 heavy (non-hydrogen) atoms. The lowest BCUT2D eigenvalue weighted by molar-refractivity contribution is -0.116. The SMILES string of the molecule is CCc1ccc(NC(=O)Cn2c(-n3nc(C)cc3C)nc(CC)cc2=O)cc1. The lowest BCUT2D eigenvalue weighted by Crippen LogP contribution is -2.32. The van der Waals surface area contributed by atoms with E-state index in [2.05, 4.69) is 22.3 Å². The Hall–Kier alpha value is -3.22. The predicted molar refractivity (Wildman–Crippen MR) is 109 cm³/mol. The summed E-state index contributed by atoms with van der Waals surface area (Å²) in [7, 11) is 0. The van der Waals surface area contributed by atoms with Gasteiger partial charge < -0.3 is 5.32 Å². The summed E-state index contributed by atoms with van der Waals surface area (Å²) in [5, 5.41) is 7.27. The van der Waals surface area contributed by atoms with Crippen LogP contribution in [0.3, 0.4) is 0 Å². The first kappa shape index (κ1) is 19.5. The quantitative estimate of drug-likeness (QED) is 0.714. The summed E-state index contributed by atoms with van der Waals surface area (Å²) in [4.78, 5) is 29.8. The Morgan fingerprint density at radius 2 is 1.79 bits per heavy atom. The average molecular weight is 379 g/mol. The largest absolute Gasteiger partial charge is 0.325 e. The lowest BCUT2D eigenvalue weighted by Gasteiger charge is -2.14. The molecule has 0 fully saturated rings. The van der Waals surface area contributed by atoms with Gasteiger partial charge >= 0.3 is 0 Å². The van der Waals surface area contributed by atoms with E-state index in [4.69, 9.17) is 0 Å². The van der Waals surface area contributed by atoms with Gasteiger partial charge in [0.2, 0.25) is 11.9 Å². The number of rotatable bonds is 6. The Balaban J connectivity index is 1.93. The smallest absolute Gasteiger partial charge is 0.255 e. The number of nitrogens with zero attached hydrogens (tertiary/aromatic N) is 4. The van der Waals surface area contributed by atoms with E-state index in [0.717, 1.165) is 17.8 Å². The Labute approximate surface area is 164 Å². The third kappa shape index (κ3) is 4.19. The van der Waals surface area contributed by atoms with Gasteiger partial charge in [-0.15, -0.1) is 0 Å². The van der Waals surface area contributed by atoms with Gasteiger partial charge in [0.05, 0.1) is 5.69 Å². The Bertz CT molecular complexity index is 1050. The van der Waals surface area contributed by atoms with Crippen molar-refractivity contribution in [1.82, 2.24) is 19.3 Å². The van der Waals surface area contributed by atoms with Crippen LogP contribution >= 0.6 is 0 Å². The number of benzene rings is 1. The van der Waals surface area contributed by atoms with E-state index in [1.165, 1.54) is 16.2 Å². The van der Waals surface area contributed by atoms with Crippen LogP contribution in [-0.2, 0) is 24.2 Å². The van der Waals surface area contributed by atoms with E-state index in [1.807, 2.05) is 51.1 Å². The molecule has 7 heteroatoms. The molecule has 0 bridgehead atoms. The summed E-state index contributed by atoms with van der Waals surface area (Å²) >= 11 is 0. The third-order valence-corrected chi connectivity index (χ3v) is 4.55. The highest BCUT2D eigenvalue weighted by Gasteiger charge is 2.16. The normalized spacial score (nSPS) is 10.9. The van der Waals surface area contributed by atoms with Gasteiger partial charge in [-0.05, 0) is 50.5 Å². The fourth-order valence-corrected chi connectivity index (χ4v) is 3.03. The molecular formula is C21H25N5O2. The van der Waals surface area contributed by atoms with Gasteiger partial charge in [-0.3, -0.25) is 14.2 Å². The van der Waals surface area contributed by atoms with E-state index in [1.54, 1.807) is 4.68 Å². The number of carbonyl (C=O) groups excluding carboxylic acids is 1. The average Bonchev–Trinajstić information content (AvgIpc) is 3.01. The van der Waals surface area contributed by atoms with E-state index < -0.39 is 0 Å². The Morgan fingerprint density at radius 3 is 2.36 bits per heavy atom. The maximum absolute atomic E-state index is 12.7. The highest BCUT2D eigenvalue weighted by Crippen LogP contribution is 2.12. The second-order valence-electron chi connectivity index (χ2n) is 6.76. The number of hydrogen-bond donors (Lipinski definition) is 1. The van der Waals surface area contributed by atoms with Gasteiger partial charge in [0.1, 0.15) is 6.54 Å². The zero-order valence-corrected chi connectivity index (χ0v) is 16.7. The molecule has 146 valence electrons. The minimum absolute atomic E-state index is 0.140. The molecule has 0 aliphatic heterocycles. The van der Waals surface area contributed by atoms with Gasteiger partial charge in [-0.1, -0.05) is 26.0 Å². The number of hydrogen-bond acceptors (Lipinski definition) is 4. The van der Waals surface area contributed by atoms with E-state index in [9.17, 15) is 9.59 Å². The van der Waals surface area contributed by atoms with Crippen molar-refractivity contribution >= 4 is 11.6 Å². The molecule has 0 saturated heterocycles. The third-order valence-electron chi connectivity index (χ3n) is 4.55. The molecule has 3 rings (SSSR count).